The molecule has 0 radical (unpaired) electrons. The highest BCUT2D eigenvalue weighted by Gasteiger charge is 2.12. The molecule has 1 heterocycles. The van der Waals surface area contributed by atoms with Crippen molar-refractivity contribution in [3.8, 4) is 12.3 Å². The zero-order valence-corrected chi connectivity index (χ0v) is 7.42. The van der Waals surface area contributed by atoms with Crippen LogP contribution in [0, 0.1) is 12.3 Å². The summed E-state index contributed by atoms with van der Waals surface area (Å²) in [5.74, 6) is 3.55. The van der Waals surface area contributed by atoms with E-state index in [0.717, 1.165) is 5.76 Å². The van der Waals surface area contributed by atoms with Gasteiger partial charge in [-0.3, -0.25) is 5.32 Å². The van der Waals surface area contributed by atoms with E-state index < -0.39 is 0 Å². The topological polar surface area (TPSA) is 25.2 Å². The first-order valence-corrected chi connectivity index (χ1v) is 3.89. The van der Waals surface area contributed by atoms with E-state index in [4.69, 9.17) is 10.8 Å². The second kappa shape index (κ2) is 3.46. The number of rotatable bonds is 3. The van der Waals surface area contributed by atoms with Gasteiger partial charge in [0.05, 0.1) is 18.3 Å². The van der Waals surface area contributed by atoms with Crippen LogP contribution in [0.2, 0.25) is 0 Å². The third-order valence-electron chi connectivity index (χ3n) is 1.65. The average Bonchev–Trinajstić information content (AvgIpc) is 2.53. The zero-order chi connectivity index (χ0) is 9.03. The maximum absolute atomic E-state index is 5.30. The van der Waals surface area contributed by atoms with Crippen molar-refractivity contribution in [1.29, 1.82) is 0 Å². The van der Waals surface area contributed by atoms with Crippen molar-refractivity contribution in [1.82, 2.24) is 5.32 Å². The molecule has 1 aromatic rings. The third-order valence-corrected chi connectivity index (χ3v) is 1.65. The summed E-state index contributed by atoms with van der Waals surface area (Å²) in [7, 11) is 0. The number of furan rings is 1. The monoisotopic (exact) mass is 163 g/mol. The van der Waals surface area contributed by atoms with E-state index in [2.05, 4.69) is 11.2 Å². The van der Waals surface area contributed by atoms with Crippen molar-refractivity contribution in [2.75, 3.05) is 0 Å². The molecule has 0 amide bonds. The Morgan fingerprint density at radius 2 is 2.42 bits per heavy atom. The highest BCUT2D eigenvalue weighted by Crippen LogP contribution is 2.04. The Labute approximate surface area is 73.0 Å². The average molecular weight is 163 g/mol. The maximum Gasteiger partial charge on any atom is 0.117 e. The lowest BCUT2D eigenvalue weighted by atomic mass is 10.1. The summed E-state index contributed by atoms with van der Waals surface area (Å²) in [6.07, 6.45) is 6.96. The van der Waals surface area contributed by atoms with Crippen LogP contribution in [-0.2, 0) is 6.54 Å². The van der Waals surface area contributed by atoms with Crippen molar-refractivity contribution < 1.29 is 4.42 Å². The summed E-state index contributed by atoms with van der Waals surface area (Å²) in [5.41, 5.74) is -0.271. The van der Waals surface area contributed by atoms with E-state index in [9.17, 15) is 0 Å². The number of hydrogen-bond donors (Lipinski definition) is 1. The second-order valence-corrected chi connectivity index (χ2v) is 3.20. The van der Waals surface area contributed by atoms with Crippen molar-refractivity contribution in [2.45, 2.75) is 25.9 Å². The predicted molar refractivity (Wildman–Crippen MR) is 48.5 cm³/mol. The molecule has 0 aliphatic carbocycles. The Hall–Kier alpha value is -1.20. The van der Waals surface area contributed by atoms with Crippen LogP contribution < -0.4 is 5.32 Å². The van der Waals surface area contributed by atoms with Gasteiger partial charge < -0.3 is 4.42 Å². The summed E-state index contributed by atoms with van der Waals surface area (Å²) in [6, 6.07) is 3.78. The summed E-state index contributed by atoms with van der Waals surface area (Å²) >= 11 is 0. The van der Waals surface area contributed by atoms with E-state index in [0.29, 0.717) is 6.54 Å². The summed E-state index contributed by atoms with van der Waals surface area (Å²) in [4.78, 5) is 0. The van der Waals surface area contributed by atoms with Gasteiger partial charge >= 0.3 is 0 Å². The lowest BCUT2D eigenvalue weighted by Crippen LogP contribution is -2.36. The minimum absolute atomic E-state index is 0.271. The molecule has 0 aliphatic rings. The van der Waals surface area contributed by atoms with Gasteiger partial charge in [0, 0.05) is 0 Å². The molecule has 0 unspecified atom stereocenters. The predicted octanol–water partition coefficient (Wildman–Crippen LogP) is 1.78. The quantitative estimate of drug-likeness (QED) is 0.687. The molecule has 0 aromatic carbocycles. The Kier molecular flexibility index (Phi) is 2.57. The van der Waals surface area contributed by atoms with E-state index >= 15 is 0 Å². The molecule has 0 fully saturated rings. The van der Waals surface area contributed by atoms with Crippen LogP contribution in [0.4, 0.5) is 0 Å². The standard InChI is InChI=1S/C10H13NO/c1-4-10(2,3)11-8-9-6-5-7-12-9/h1,5-7,11H,8H2,2-3H3. The van der Waals surface area contributed by atoms with Gasteiger partial charge in [-0.25, -0.2) is 0 Å². The summed E-state index contributed by atoms with van der Waals surface area (Å²) in [5, 5.41) is 3.18. The van der Waals surface area contributed by atoms with Crippen LogP contribution in [0.25, 0.3) is 0 Å². The fraction of sp³-hybridized carbons (Fsp3) is 0.400. The van der Waals surface area contributed by atoms with Crippen LogP contribution in [0.3, 0.4) is 0 Å². The fourth-order valence-electron chi connectivity index (χ4n) is 0.772. The second-order valence-electron chi connectivity index (χ2n) is 3.20. The van der Waals surface area contributed by atoms with Crippen LogP contribution in [0.1, 0.15) is 19.6 Å². The minimum Gasteiger partial charge on any atom is -0.468 e. The molecule has 1 rings (SSSR count). The lowest BCUT2D eigenvalue weighted by molar-refractivity contribution is 0.428. The van der Waals surface area contributed by atoms with Gasteiger partial charge in [-0.1, -0.05) is 5.92 Å². The first-order valence-electron chi connectivity index (χ1n) is 3.89. The molecule has 1 N–H and O–H groups in total. The highest BCUT2D eigenvalue weighted by molar-refractivity contribution is 5.08. The molecule has 0 atom stereocenters. The fourth-order valence-corrected chi connectivity index (χ4v) is 0.772. The largest absolute Gasteiger partial charge is 0.468 e. The van der Waals surface area contributed by atoms with Gasteiger partial charge in [0.1, 0.15) is 5.76 Å². The Morgan fingerprint density at radius 1 is 1.67 bits per heavy atom. The molecule has 12 heavy (non-hydrogen) atoms. The van der Waals surface area contributed by atoms with Gasteiger partial charge in [-0.05, 0) is 26.0 Å². The highest BCUT2D eigenvalue weighted by atomic mass is 16.3. The third kappa shape index (κ3) is 2.44. The molecule has 0 saturated heterocycles. The number of terminal acetylenes is 1. The molecular formula is C10H13NO. The molecule has 0 bridgehead atoms. The maximum atomic E-state index is 5.30. The smallest absolute Gasteiger partial charge is 0.117 e. The normalized spacial score (nSPS) is 11.1. The molecule has 2 heteroatoms. The van der Waals surface area contributed by atoms with Gasteiger partial charge in [-0.2, -0.15) is 0 Å². The van der Waals surface area contributed by atoms with Crippen LogP contribution in [0.15, 0.2) is 22.8 Å². The van der Waals surface area contributed by atoms with Crippen LogP contribution in [-0.4, -0.2) is 5.54 Å². The van der Waals surface area contributed by atoms with E-state index in [1.807, 2.05) is 26.0 Å². The Balaban J connectivity index is 2.42. The molecular weight excluding hydrogens is 150 g/mol. The SMILES string of the molecule is C#CC(C)(C)NCc1ccco1. The van der Waals surface area contributed by atoms with Gasteiger partial charge in [0.2, 0.25) is 0 Å². The Bertz CT molecular complexity index is 267. The van der Waals surface area contributed by atoms with Gasteiger partial charge in [-0.15, -0.1) is 6.42 Å². The molecule has 64 valence electrons. The van der Waals surface area contributed by atoms with Crippen molar-refractivity contribution in [3.63, 3.8) is 0 Å². The van der Waals surface area contributed by atoms with Gasteiger partial charge in [0.25, 0.3) is 0 Å². The van der Waals surface area contributed by atoms with Crippen molar-refractivity contribution >= 4 is 0 Å². The molecule has 0 saturated carbocycles. The number of hydrogen-bond acceptors (Lipinski definition) is 2. The summed E-state index contributed by atoms with van der Waals surface area (Å²) < 4.78 is 5.14. The molecule has 0 aliphatic heterocycles. The zero-order valence-electron chi connectivity index (χ0n) is 7.42. The first-order chi connectivity index (χ1) is 5.64. The van der Waals surface area contributed by atoms with E-state index in [1.165, 1.54) is 0 Å². The van der Waals surface area contributed by atoms with Gasteiger partial charge in [0.15, 0.2) is 0 Å². The lowest BCUT2D eigenvalue weighted by Gasteiger charge is -2.18. The van der Waals surface area contributed by atoms with E-state index in [-0.39, 0.29) is 5.54 Å². The summed E-state index contributed by atoms with van der Waals surface area (Å²) in [6.45, 7) is 4.58. The first kappa shape index (κ1) is 8.89. The van der Waals surface area contributed by atoms with Crippen LogP contribution in [0.5, 0.6) is 0 Å². The van der Waals surface area contributed by atoms with Crippen LogP contribution >= 0.6 is 0 Å². The Morgan fingerprint density at radius 3 is 2.92 bits per heavy atom. The minimum atomic E-state index is -0.271. The number of nitrogens with one attached hydrogen (secondary N) is 1. The van der Waals surface area contributed by atoms with E-state index in [1.54, 1.807) is 6.26 Å². The molecule has 1 aromatic heterocycles. The molecule has 2 nitrogen and oxygen atoms in total. The van der Waals surface area contributed by atoms with Crippen molar-refractivity contribution in [3.05, 3.63) is 24.2 Å². The van der Waals surface area contributed by atoms with Crippen molar-refractivity contribution in [2.24, 2.45) is 0 Å². The molecule has 0 spiro atoms.